The average molecular weight is 259 g/mol. The van der Waals surface area contributed by atoms with Crippen LogP contribution in [-0.2, 0) is 0 Å². The number of ether oxygens (including phenoxy) is 1. The molecule has 0 unspecified atom stereocenters. The average Bonchev–Trinajstić information content (AvgIpc) is 2.32. The predicted octanol–water partition coefficient (Wildman–Crippen LogP) is 4.05. The van der Waals surface area contributed by atoms with Gasteiger partial charge in [0, 0.05) is 21.5 Å². The van der Waals surface area contributed by atoms with Gasteiger partial charge in [-0.05, 0) is 37.6 Å². The van der Waals surface area contributed by atoms with E-state index < -0.39 is 0 Å². The molecule has 0 saturated carbocycles. The summed E-state index contributed by atoms with van der Waals surface area (Å²) in [6.45, 7) is 4.23. The van der Waals surface area contributed by atoms with E-state index in [1.165, 1.54) is 16.0 Å². The van der Waals surface area contributed by atoms with Crippen LogP contribution in [0.4, 0.5) is 5.69 Å². The lowest BCUT2D eigenvalue weighted by Gasteiger charge is -2.09. The Morgan fingerprint density at radius 2 is 1.83 bits per heavy atom. The molecule has 94 valence electrons. The molecule has 0 aliphatic rings. The van der Waals surface area contributed by atoms with Gasteiger partial charge in [0.25, 0.3) is 0 Å². The first-order valence-corrected chi connectivity index (χ1v) is 6.60. The van der Waals surface area contributed by atoms with E-state index >= 15 is 0 Å². The molecule has 0 fully saturated rings. The molecule has 0 saturated heterocycles. The molecule has 18 heavy (non-hydrogen) atoms. The van der Waals surface area contributed by atoms with Gasteiger partial charge >= 0.3 is 0 Å². The predicted molar refractivity (Wildman–Crippen MR) is 77.4 cm³/mol. The van der Waals surface area contributed by atoms with Crippen LogP contribution < -0.4 is 10.5 Å². The van der Waals surface area contributed by atoms with E-state index in [-0.39, 0.29) is 0 Å². The van der Waals surface area contributed by atoms with E-state index in [2.05, 4.69) is 32.0 Å². The molecule has 2 rings (SSSR count). The minimum Gasteiger partial charge on any atom is -0.497 e. The molecule has 3 heteroatoms. The summed E-state index contributed by atoms with van der Waals surface area (Å²) in [5.41, 5.74) is 9.14. The Balaban J connectivity index is 2.30. The number of benzene rings is 2. The van der Waals surface area contributed by atoms with Crippen LogP contribution in [0.2, 0.25) is 0 Å². The number of aryl methyl sites for hydroxylation is 2. The molecule has 0 aliphatic heterocycles. The fourth-order valence-electron chi connectivity index (χ4n) is 1.81. The maximum Gasteiger partial charge on any atom is 0.122 e. The second kappa shape index (κ2) is 5.36. The Morgan fingerprint density at radius 1 is 1.06 bits per heavy atom. The quantitative estimate of drug-likeness (QED) is 0.845. The molecule has 0 aliphatic carbocycles. The minimum atomic E-state index is 0.724. The van der Waals surface area contributed by atoms with Crippen LogP contribution in [0.5, 0.6) is 5.75 Å². The Labute approximate surface area is 112 Å². The highest BCUT2D eigenvalue weighted by Gasteiger charge is 2.04. The maximum absolute atomic E-state index is 5.86. The molecule has 0 aromatic heterocycles. The number of hydrogen-bond donors (Lipinski definition) is 1. The summed E-state index contributed by atoms with van der Waals surface area (Å²) in [4.78, 5) is 2.34. The molecule has 0 amide bonds. The van der Waals surface area contributed by atoms with Crippen LogP contribution in [0.25, 0.3) is 0 Å². The van der Waals surface area contributed by atoms with E-state index in [9.17, 15) is 0 Å². The fraction of sp³-hybridized carbons (Fsp3) is 0.200. The highest BCUT2D eigenvalue weighted by molar-refractivity contribution is 7.99. The summed E-state index contributed by atoms with van der Waals surface area (Å²) < 4.78 is 5.23. The third-order valence-corrected chi connectivity index (χ3v) is 3.85. The van der Waals surface area contributed by atoms with Gasteiger partial charge in [0.1, 0.15) is 5.75 Å². The first kappa shape index (κ1) is 12.8. The molecule has 2 aromatic carbocycles. The number of nitrogen functional groups attached to an aromatic ring is 1. The van der Waals surface area contributed by atoms with Crippen molar-refractivity contribution in [1.82, 2.24) is 0 Å². The van der Waals surface area contributed by atoms with Gasteiger partial charge in [-0.3, -0.25) is 0 Å². The largest absolute Gasteiger partial charge is 0.497 e. The van der Waals surface area contributed by atoms with Gasteiger partial charge < -0.3 is 10.5 Å². The van der Waals surface area contributed by atoms with Crippen molar-refractivity contribution in [2.75, 3.05) is 12.8 Å². The molecule has 0 heterocycles. The van der Waals surface area contributed by atoms with Crippen molar-refractivity contribution in [3.05, 3.63) is 47.5 Å². The van der Waals surface area contributed by atoms with Crippen LogP contribution in [0.15, 0.2) is 46.2 Å². The van der Waals surface area contributed by atoms with E-state index in [0.29, 0.717) is 0 Å². The van der Waals surface area contributed by atoms with Crippen LogP contribution in [0.3, 0.4) is 0 Å². The number of methoxy groups -OCH3 is 1. The van der Waals surface area contributed by atoms with Crippen molar-refractivity contribution in [1.29, 1.82) is 0 Å². The zero-order valence-electron chi connectivity index (χ0n) is 10.9. The van der Waals surface area contributed by atoms with Crippen molar-refractivity contribution in [3.63, 3.8) is 0 Å². The number of hydrogen-bond acceptors (Lipinski definition) is 3. The summed E-state index contributed by atoms with van der Waals surface area (Å²) in [5.74, 6) is 0.794. The second-order valence-corrected chi connectivity index (χ2v) is 5.43. The molecular formula is C15H17NOS. The highest BCUT2D eigenvalue weighted by atomic mass is 32.2. The van der Waals surface area contributed by atoms with Crippen molar-refractivity contribution in [2.24, 2.45) is 0 Å². The first-order chi connectivity index (χ1) is 8.58. The Morgan fingerprint density at radius 3 is 2.50 bits per heavy atom. The molecule has 0 bridgehead atoms. The number of rotatable bonds is 3. The van der Waals surface area contributed by atoms with E-state index in [4.69, 9.17) is 10.5 Å². The van der Waals surface area contributed by atoms with Gasteiger partial charge in [0.15, 0.2) is 0 Å². The molecule has 2 nitrogen and oxygen atoms in total. The Kier molecular flexibility index (Phi) is 3.82. The summed E-state index contributed by atoms with van der Waals surface area (Å²) in [7, 11) is 1.65. The maximum atomic E-state index is 5.86. The van der Waals surface area contributed by atoms with Gasteiger partial charge in [-0.15, -0.1) is 0 Å². The molecule has 2 N–H and O–H groups in total. The van der Waals surface area contributed by atoms with Crippen molar-refractivity contribution in [2.45, 2.75) is 23.6 Å². The van der Waals surface area contributed by atoms with Gasteiger partial charge in [-0.2, -0.15) is 0 Å². The SMILES string of the molecule is COc1cc(N)cc(Sc2ccc(C)cc2C)c1. The van der Waals surface area contributed by atoms with Gasteiger partial charge in [0.2, 0.25) is 0 Å². The van der Waals surface area contributed by atoms with E-state index in [0.717, 1.165) is 16.3 Å². The Hall–Kier alpha value is -1.61. The van der Waals surface area contributed by atoms with Gasteiger partial charge in [-0.1, -0.05) is 29.5 Å². The zero-order chi connectivity index (χ0) is 13.1. The van der Waals surface area contributed by atoms with Crippen LogP contribution >= 0.6 is 11.8 Å². The summed E-state index contributed by atoms with van der Waals surface area (Å²) in [5, 5.41) is 0. The first-order valence-electron chi connectivity index (χ1n) is 5.78. The standard InChI is InChI=1S/C15H17NOS/c1-10-4-5-15(11(2)6-10)18-14-8-12(16)7-13(9-14)17-3/h4-9H,16H2,1-3H3. The van der Waals surface area contributed by atoms with Gasteiger partial charge in [0.05, 0.1) is 7.11 Å². The lowest BCUT2D eigenvalue weighted by atomic mass is 10.2. The third kappa shape index (κ3) is 2.99. The van der Waals surface area contributed by atoms with E-state index in [1.54, 1.807) is 18.9 Å². The number of anilines is 1. The molecule has 2 aromatic rings. The number of nitrogens with two attached hydrogens (primary N) is 1. The lowest BCUT2D eigenvalue weighted by Crippen LogP contribution is -1.89. The summed E-state index contributed by atoms with van der Waals surface area (Å²) in [6.07, 6.45) is 0. The normalized spacial score (nSPS) is 10.4. The summed E-state index contributed by atoms with van der Waals surface area (Å²) in [6, 6.07) is 12.2. The highest BCUT2D eigenvalue weighted by Crippen LogP contribution is 2.34. The molecule has 0 spiro atoms. The van der Waals surface area contributed by atoms with E-state index in [1.807, 2.05) is 18.2 Å². The van der Waals surface area contributed by atoms with Crippen LogP contribution in [-0.4, -0.2) is 7.11 Å². The monoisotopic (exact) mass is 259 g/mol. The summed E-state index contributed by atoms with van der Waals surface area (Å²) >= 11 is 1.71. The minimum absolute atomic E-state index is 0.724. The third-order valence-electron chi connectivity index (χ3n) is 2.70. The molecular weight excluding hydrogens is 242 g/mol. The fourth-order valence-corrected chi connectivity index (χ4v) is 2.79. The lowest BCUT2D eigenvalue weighted by molar-refractivity contribution is 0.414. The van der Waals surface area contributed by atoms with Crippen LogP contribution in [0.1, 0.15) is 11.1 Å². The van der Waals surface area contributed by atoms with Crippen LogP contribution in [0, 0.1) is 13.8 Å². The Bertz CT molecular complexity index is 566. The zero-order valence-corrected chi connectivity index (χ0v) is 11.7. The topological polar surface area (TPSA) is 35.2 Å². The molecule has 0 radical (unpaired) electrons. The molecule has 0 atom stereocenters. The smallest absolute Gasteiger partial charge is 0.122 e. The second-order valence-electron chi connectivity index (χ2n) is 4.31. The van der Waals surface area contributed by atoms with Crippen molar-refractivity contribution < 1.29 is 4.74 Å². The van der Waals surface area contributed by atoms with Crippen molar-refractivity contribution in [3.8, 4) is 5.75 Å². The van der Waals surface area contributed by atoms with Crippen molar-refractivity contribution >= 4 is 17.4 Å². The van der Waals surface area contributed by atoms with Gasteiger partial charge in [-0.25, -0.2) is 0 Å².